The molecule has 3 heterocycles. The van der Waals surface area contributed by atoms with E-state index in [9.17, 15) is 8.42 Å². The van der Waals surface area contributed by atoms with E-state index in [0.29, 0.717) is 13.1 Å². The standard InChI is InChI=1S/C20H23N3O3S/c1-14-7-8-22-13-19(21-20(22)9-14)17-5-4-6-18(10-17)27(24,25)23-11-15(2)26-16(3)12-23/h4-10,13,15-16H,11-12H2,1-3H3/t15-,16+. The van der Waals surface area contributed by atoms with E-state index in [-0.39, 0.29) is 17.1 Å². The lowest BCUT2D eigenvalue weighted by atomic mass is 10.2. The first-order valence-electron chi connectivity index (χ1n) is 9.04. The van der Waals surface area contributed by atoms with Gasteiger partial charge >= 0.3 is 0 Å². The van der Waals surface area contributed by atoms with Gasteiger partial charge in [-0.25, -0.2) is 13.4 Å². The normalized spacial score (nSPS) is 21.6. The topological polar surface area (TPSA) is 63.9 Å². The van der Waals surface area contributed by atoms with Crippen molar-refractivity contribution < 1.29 is 13.2 Å². The predicted octanol–water partition coefficient (Wildman–Crippen LogP) is 3.11. The maximum absolute atomic E-state index is 13.1. The molecule has 3 aromatic rings. The molecule has 1 saturated heterocycles. The van der Waals surface area contributed by atoms with E-state index < -0.39 is 10.0 Å². The number of rotatable bonds is 3. The average molecular weight is 385 g/mol. The lowest BCUT2D eigenvalue weighted by Crippen LogP contribution is -2.48. The van der Waals surface area contributed by atoms with Crippen molar-refractivity contribution in [2.24, 2.45) is 0 Å². The highest BCUT2D eigenvalue weighted by Crippen LogP contribution is 2.26. The Morgan fingerprint density at radius 3 is 2.59 bits per heavy atom. The number of sulfonamides is 1. The van der Waals surface area contributed by atoms with E-state index >= 15 is 0 Å². The van der Waals surface area contributed by atoms with Crippen molar-refractivity contribution >= 4 is 15.7 Å². The van der Waals surface area contributed by atoms with E-state index in [2.05, 4.69) is 4.98 Å². The molecular formula is C20H23N3O3S. The number of morpholine rings is 1. The largest absolute Gasteiger partial charge is 0.373 e. The molecule has 1 aliphatic rings. The lowest BCUT2D eigenvalue weighted by Gasteiger charge is -2.34. The SMILES string of the molecule is Cc1ccn2cc(-c3cccc(S(=O)(=O)N4C[C@@H](C)O[C@@H](C)C4)c3)nc2c1. The minimum Gasteiger partial charge on any atom is -0.373 e. The van der Waals surface area contributed by atoms with Crippen LogP contribution in [0.25, 0.3) is 16.9 Å². The highest BCUT2D eigenvalue weighted by atomic mass is 32.2. The van der Waals surface area contributed by atoms with Crippen LogP contribution in [-0.2, 0) is 14.8 Å². The van der Waals surface area contributed by atoms with Crippen LogP contribution in [0.1, 0.15) is 19.4 Å². The smallest absolute Gasteiger partial charge is 0.243 e. The fraction of sp³-hybridized carbons (Fsp3) is 0.350. The van der Waals surface area contributed by atoms with Crippen molar-refractivity contribution in [2.45, 2.75) is 37.9 Å². The highest BCUT2D eigenvalue weighted by Gasteiger charge is 2.32. The number of aryl methyl sites for hydroxylation is 1. The van der Waals surface area contributed by atoms with Gasteiger partial charge in [0.05, 0.1) is 22.8 Å². The van der Waals surface area contributed by atoms with Gasteiger partial charge in [-0.3, -0.25) is 0 Å². The highest BCUT2D eigenvalue weighted by molar-refractivity contribution is 7.89. The number of hydrogen-bond acceptors (Lipinski definition) is 4. The molecule has 1 fully saturated rings. The predicted molar refractivity (Wildman–Crippen MR) is 104 cm³/mol. The van der Waals surface area contributed by atoms with Crippen LogP contribution in [0, 0.1) is 6.92 Å². The number of nitrogens with zero attached hydrogens (tertiary/aromatic N) is 3. The molecule has 0 N–H and O–H groups in total. The zero-order valence-corrected chi connectivity index (χ0v) is 16.5. The molecule has 6 nitrogen and oxygen atoms in total. The molecule has 0 aliphatic carbocycles. The molecule has 0 bridgehead atoms. The van der Waals surface area contributed by atoms with E-state index in [4.69, 9.17) is 4.74 Å². The van der Waals surface area contributed by atoms with Crippen molar-refractivity contribution in [3.63, 3.8) is 0 Å². The number of hydrogen-bond donors (Lipinski definition) is 0. The second-order valence-electron chi connectivity index (χ2n) is 7.20. The van der Waals surface area contributed by atoms with Gasteiger partial charge in [-0.15, -0.1) is 0 Å². The molecule has 0 amide bonds. The van der Waals surface area contributed by atoms with Crippen LogP contribution in [-0.4, -0.2) is 47.4 Å². The Morgan fingerprint density at radius 2 is 1.85 bits per heavy atom. The first kappa shape index (κ1) is 18.2. The molecule has 1 aliphatic heterocycles. The van der Waals surface area contributed by atoms with Crippen LogP contribution in [0.15, 0.2) is 53.7 Å². The van der Waals surface area contributed by atoms with Crippen LogP contribution < -0.4 is 0 Å². The third-order valence-corrected chi connectivity index (χ3v) is 6.60. The summed E-state index contributed by atoms with van der Waals surface area (Å²) in [5, 5.41) is 0. The maximum atomic E-state index is 13.1. The number of fused-ring (bicyclic) bond motifs is 1. The van der Waals surface area contributed by atoms with E-state index in [1.54, 1.807) is 18.2 Å². The molecule has 1 aromatic carbocycles. The summed E-state index contributed by atoms with van der Waals surface area (Å²) in [5.41, 5.74) is 3.51. The molecule has 0 unspecified atom stereocenters. The third-order valence-electron chi connectivity index (χ3n) is 4.77. The molecule has 0 radical (unpaired) electrons. The van der Waals surface area contributed by atoms with Crippen LogP contribution in [0.5, 0.6) is 0 Å². The van der Waals surface area contributed by atoms with Crippen molar-refractivity contribution in [1.82, 2.24) is 13.7 Å². The zero-order valence-electron chi connectivity index (χ0n) is 15.7. The molecule has 27 heavy (non-hydrogen) atoms. The zero-order chi connectivity index (χ0) is 19.2. The Balaban J connectivity index is 1.71. The van der Waals surface area contributed by atoms with Gasteiger partial charge in [0.1, 0.15) is 5.65 Å². The Morgan fingerprint density at radius 1 is 1.11 bits per heavy atom. The van der Waals surface area contributed by atoms with Crippen molar-refractivity contribution in [1.29, 1.82) is 0 Å². The molecule has 0 saturated carbocycles. The fourth-order valence-electron chi connectivity index (χ4n) is 3.51. The van der Waals surface area contributed by atoms with Gasteiger partial charge in [-0.05, 0) is 50.6 Å². The van der Waals surface area contributed by atoms with Gasteiger partial charge in [-0.2, -0.15) is 4.31 Å². The van der Waals surface area contributed by atoms with Crippen LogP contribution >= 0.6 is 0 Å². The summed E-state index contributed by atoms with van der Waals surface area (Å²) in [4.78, 5) is 4.92. The number of aromatic nitrogens is 2. The maximum Gasteiger partial charge on any atom is 0.243 e. The van der Waals surface area contributed by atoms with Gasteiger partial charge < -0.3 is 9.14 Å². The minimum atomic E-state index is -3.58. The number of imidazole rings is 1. The molecule has 2 atom stereocenters. The molecular weight excluding hydrogens is 362 g/mol. The first-order valence-corrected chi connectivity index (χ1v) is 10.5. The van der Waals surface area contributed by atoms with E-state index in [1.807, 2.05) is 55.8 Å². The monoisotopic (exact) mass is 385 g/mol. The molecule has 7 heteroatoms. The van der Waals surface area contributed by atoms with Gasteiger partial charge in [0, 0.05) is 31.0 Å². The summed E-state index contributed by atoms with van der Waals surface area (Å²) in [7, 11) is -3.58. The van der Waals surface area contributed by atoms with Gasteiger partial charge in [0.2, 0.25) is 10.0 Å². The fourth-order valence-corrected chi connectivity index (χ4v) is 5.15. The van der Waals surface area contributed by atoms with Gasteiger partial charge in [-0.1, -0.05) is 12.1 Å². The minimum absolute atomic E-state index is 0.117. The quantitative estimate of drug-likeness (QED) is 0.695. The molecule has 2 aromatic heterocycles. The summed E-state index contributed by atoms with van der Waals surface area (Å²) in [6.07, 6.45) is 3.64. The van der Waals surface area contributed by atoms with Gasteiger partial charge in [0.15, 0.2) is 0 Å². The Bertz CT molecular complexity index is 1080. The van der Waals surface area contributed by atoms with Crippen LogP contribution in [0.2, 0.25) is 0 Å². The summed E-state index contributed by atoms with van der Waals surface area (Å²) in [6, 6.07) is 11.0. The summed E-state index contributed by atoms with van der Waals surface area (Å²) >= 11 is 0. The average Bonchev–Trinajstić information content (AvgIpc) is 3.04. The number of benzene rings is 1. The number of pyridine rings is 1. The molecule has 142 valence electrons. The number of ether oxygens (including phenoxy) is 1. The van der Waals surface area contributed by atoms with Crippen molar-refractivity contribution in [2.75, 3.05) is 13.1 Å². The van der Waals surface area contributed by atoms with Crippen molar-refractivity contribution in [3.05, 3.63) is 54.4 Å². The Hall–Kier alpha value is -2.22. The lowest BCUT2D eigenvalue weighted by molar-refractivity contribution is -0.0440. The first-order chi connectivity index (χ1) is 12.8. The third kappa shape index (κ3) is 3.50. The summed E-state index contributed by atoms with van der Waals surface area (Å²) < 4.78 is 35.4. The Kier molecular flexibility index (Phi) is 4.53. The van der Waals surface area contributed by atoms with E-state index in [0.717, 1.165) is 22.5 Å². The second-order valence-corrected chi connectivity index (χ2v) is 9.14. The molecule has 0 spiro atoms. The molecule has 4 rings (SSSR count). The summed E-state index contributed by atoms with van der Waals surface area (Å²) in [6.45, 7) is 6.54. The van der Waals surface area contributed by atoms with Crippen LogP contribution in [0.3, 0.4) is 0 Å². The Labute approximate surface area is 159 Å². The van der Waals surface area contributed by atoms with Crippen molar-refractivity contribution in [3.8, 4) is 11.3 Å². The van der Waals surface area contributed by atoms with Crippen LogP contribution in [0.4, 0.5) is 0 Å². The van der Waals surface area contributed by atoms with Gasteiger partial charge in [0.25, 0.3) is 0 Å². The second kappa shape index (κ2) is 6.74. The van der Waals surface area contributed by atoms with E-state index in [1.165, 1.54) is 4.31 Å². The summed E-state index contributed by atoms with van der Waals surface area (Å²) in [5.74, 6) is 0.